The van der Waals surface area contributed by atoms with Gasteiger partial charge in [0.2, 0.25) is 0 Å². The average molecular weight is 451 g/mol. The van der Waals surface area contributed by atoms with Crippen molar-refractivity contribution in [1.82, 2.24) is 0 Å². The summed E-state index contributed by atoms with van der Waals surface area (Å²) < 4.78 is 5.95. The minimum atomic E-state index is -0.663. The van der Waals surface area contributed by atoms with Gasteiger partial charge in [0.1, 0.15) is 5.75 Å². The van der Waals surface area contributed by atoms with Gasteiger partial charge in [-0.25, -0.2) is 0 Å². The van der Waals surface area contributed by atoms with Gasteiger partial charge in [-0.15, -0.1) is 0 Å². The summed E-state index contributed by atoms with van der Waals surface area (Å²) in [5, 5.41) is 5.71. The van der Waals surface area contributed by atoms with E-state index in [9.17, 15) is 9.59 Å². The van der Waals surface area contributed by atoms with Gasteiger partial charge in [0.15, 0.2) is 6.10 Å². The third-order valence-electron chi connectivity index (χ3n) is 5.33. The molecule has 0 saturated heterocycles. The molecular formula is C29H26N2O3. The molecule has 34 heavy (non-hydrogen) atoms. The smallest absolute Gasteiger partial charge is 0.265 e. The van der Waals surface area contributed by atoms with Crippen LogP contribution in [0.25, 0.3) is 11.1 Å². The number of carbonyl (C=O) groups is 2. The number of nitrogens with one attached hydrogen (secondary N) is 2. The van der Waals surface area contributed by atoms with E-state index in [1.165, 1.54) is 0 Å². The van der Waals surface area contributed by atoms with E-state index in [0.29, 0.717) is 29.1 Å². The maximum atomic E-state index is 12.9. The molecule has 0 fully saturated rings. The van der Waals surface area contributed by atoms with Crippen LogP contribution >= 0.6 is 0 Å². The molecule has 0 radical (unpaired) electrons. The van der Waals surface area contributed by atoms with E-state index in [0.717, 1.165) is 11.1 Å². The van der Waals surface area contributed by atoms with E-state index in [4.69, 9.17) is 4.74 Å². The zero-order valence-electron chi connectivity index (χ0n) is 18.9. The second kappa shape index (κ2) is 11.0. The van der Waals surface area contributed by atoms with Gasteiger partial charge in [0, 0.05) is 16.9 Å². The van der Waals surface area contributed by atoms with Crippen molar-refractivity contribution in [1.29, 1.82) is 0 Å². The van der Waals surface area contributed by atoms with Gasteiger partial charge in [0.05, 0.1) is 0 Å². The SMILES string of the molecule is CCC(Oc1ccc(-c2ccccc2)cc1)C(=O)Nc1cccc(C(=O)Nc2ccccc2)c1. The first-order valence-electron chi connectivity index (χ1n) is 11.2. The lowest BCUT2D eigenvalue weighted by Gasteiger charge is -2.18. The van der Waals surface area contributed by atoms with E-state index in [1.807, 2.05) is 91.9 Å². The van der Waals surface area contributed by atoms with Crippen LogP contribution < -0.4 is 15.4 Å². The molecule has 4 aromatic carbocycles. The van der Waals surface area contributed by atoms with E-state index in [1.54, 1.807) is 24.3 Å². The molecule has 0 spiro atoms. The van der Waals surface area contributed by atoms with Crippen LogP contribution in [0.2, 0.25) is 0 Å². The molecule has 0 saturated carbocycles. The topological polar surface area (TPSA) is 67.4 Å². The summed E-state index contributed by atoms with van der Waals surface area (Å²) >= 11 is 0. The molecule has 5 nitrogen and oxygen atoms in total. The molecule has 4 aromatic rings. The molecule has 0 aromatic heterocycles. The number of anilines is 2. The molecule has 170 valence electrons. The summed E-state index contributed by atoms with van der Waals surface area (Å²) in [4.78, 5) is 25.4. The highest BCUT2D eigenvalue weighted by molar-refractivity contribution is 6.05. The molecule has 2 N–H and O–H groups in total. The lowest BCUT2D eigenvalue weighted by atomic mass is 10.1. The van der Waals surface area contributed by atoms with Crippen molar-refractivity contribution in [3.63, 3.8) is 0 Å². The predicted molar refractivity (Wildman–Crippen MR) is 136 cm³/mol. The Morgan fingerprint density at radius 3 is 2.00 bits per heavy atom. The standard InChI is InChI=1S/C29H26N2O3/c1-2-27(34-26-18-16-22(17-19-26)21-10-5-3-6-11-21)29(33)31-25-15-9-12-23(20-25)28(32)30-24-13-7-4-8-14-24/h3-20,27H,2H2,1H3,(H,30,32)(H,31,33). The minimum Gasteiger partial charge on any atom is -0.481 e. The number of rotatable bonds is 8. The van der Waals surface area contributed by atoms with Gasteiger partial charge in [-0.1, -0.05) is 73.7 Å². The summed E-state index contributed by atoms with van der Waals surface area (Å²) in [6, 6.07) is 33.8. The number of para-hydroxylation sites is 1. The second-order valence-corrected chi connectivity index (χ2v) is 7.80. The highest BCUT2D eigenvalue weighted by Crippen LogP contribution is 2.23. The summed E-state index contributed by atoms with van der Waals surface area (Å²) in [6.07, 6.45) is -0.162. The number of benzene rings is 4. The van der Waals surface area contributed by atoms with Gasteiger partial charge in [-0.2, -0.15) is 0 Å². The number of hydrogen-bond acceptors (Lipinski definition) is 3. The number of amides is 2. The molecule has 0 aliphatic rings. The summed E-state index contributed by atoms with van der Waals surface area (Å²) in [5.41, 5.74) is 3.89. The average Bonchev–Trinajstić information content (AvgIpc) is 2.89. The Hall–Kier alpha value is -4.38. The van der Waals surface area contributed by atoms with Crippen LogP contribution in [0.5, 0.6) is 5.75 Å². The van der Waals surface area contributed by atoms with Gasteiger partial charge < -0.3 is 15.4 Å². The van der Waals surface area contributed by atoms with Crippen LogP contribution in [-0.2, 0) is 4.79 Å². The summed E-state index contributed by atoms with van der Waals surface area (Å²) in [5.74, 6) is 0.108. The van der Waals surface area contributed by atoms with Crippen molar-refractivity contribution < 1.29 is 14.3 Å². The molecule has 5 heteroatoms. The third-order valence-corrected chi connectivity index (χ3v) is 5.33. The predicted octanol–water partition coefficient (Wildman–Crippen LogP) is 6.40. The number of carbonyl (C=O) groups excluding carboxylic acids is 2. The van der Waals surface area contributed by atoms with Gasteiger partial charge in [0.25, 0.3) is 11.8 Å². The Bertz CT molecular complexity index is 1240. The third kappa shape index (κ3) is 5.90. The fourth-order valence-corrected chi connectivity index (χ4v) is 3.53. The van der Waals surface area contributed by atoms with E-state index >= 15 is 0 Å². The van der Waals surface area contributed by atoms with Gasteiger partial charge >= 0.3 is 0 Å². The van der Waals surface area contributed by atoms with Gasteiger partial charge in [-0.3, -0.25) is 9.59 Å². The largest absolute Gasteiger partial charge is 0.481 e. The van der Waals surface area contributed by atoms with Gasteiger partial charge in [-0.05, 0) is 60.0 Å². The second-order valence-electron chi connectivity index (χ2n) is 7.80. The first-order valence-corrected chi connectivity index (χ1v) is 11.2. The van der Waals surface area contributed by atoms with Crippen molar-refractivity contribution in [2.75, 3.05) is 10.6 Å². The monoisotopic (exact) mass is 450 g/mol. The lowest BCUT2D eigenvalue weighted by Crippen LogP contribution is -2.32. The minimum absolute atomic E-state index is 0.246. The maximum absolute atomic E-state index is 12.9. The molecule has 1 atom stereocenters. The molecule has 4 rings (SSSR count). The van der Waals surface area contributed by atoms with Crippen molar-refractivity contribution in [3.8, 4) is 16.9 Å². The fraction of sp³-hybridized carbons (Fsp3) is 0.103. The highest BCUT2D eigenvalue weighted by Gasteiger charge is 2.19. The summed E-state index contributed by atoms with van der Waals surface area (Å²) in [6.45, 7) is 1.90. The van der Waals surface area contributed by atoms with E-state index < -0.39 is 6.10 Å². The zero-order valence-corrected chi connectivity index (χ0v) is 18.9. The molecule has 0 aliphatic heterocycles. The Morgan fingerprint density at radius 1 is 0.706 bits per heavy atom. The Labute approximate surface area is 199 Å². The zero-order chi connectivity index (χ0) is 23.8. The van der Waals surface area contributed by atoms with Crippen molar-refractivity contribution in [3.05, 3.63) is 115 Å². The van der Waals surface area contributed by atoms with Crippen LogP contribution in [-0.4, -0.2) is 17.9 Å². The normalized spacial score (nSPS) is 11.3. The van der Waals surface area contributed by atoms with Crippen molar-refractivity contribution >= 4 is 23.2 Å². The molecule has 1 unspecified atom stereocenters. The van der Waals surface area contributed by atoms with Crippen LogP contribution in [0.4, 0.5) is 11.4 Å². The Morgan fingerprint density at radius 2 is 1.32 bits per heavy atom. The van der Waals surface area contributed by atoms with Crippen molar-refractivity contribution in [2.24, 2.45) is 0 Å². The van der Waals surface area contributed by atoms with Crippen molar-refractivity contribution in [2.45, 2.75) is 19.4 Å². The first-order chi connectivity index (χ1) is 16.6. The maximum Gasteiger partial charge on any atom is 0.265 e. The first kappa shape index (κ1) is 22.8. The quantitative estimate of drug-likeness (QED) is 0.326. The summed E-state index contributed by atoms with van der Waals surface area (Å²) in [7, 11) is 0. The number of ether oxygens (including phenoxy) is 1. The Balaban J connectivity index is 1.39. The molecular weight excluding hydrogens is 424 g/mol. The molecule has 0 aliphatic carbocycles. The van der Waals surface area contributed by atoms with Crippen LogP contribution in [0.1, 0.15) is 23.7 Å². The Kier molecular flexibility index (Phi) is 7.35. The highest BCUT2D eigenvalue weighted by atomic mass is 16.5. The van der Waals surface area contributed by atoms with Crippen LogP contribution in [0.3, 0.4) is 0 Å². The molecule has 0 heterocycles. The fourth-order valence-electron chi connectivity index (χ4n) is 3.53. The molecule has 2 amide bonds. The van der Waals surface area contributed by atoms with E-state index in [-0.39, 0.29) is 11.8 Å². The van der Waals surface area contributed by atoms with Crippen LogP contribution in [0, 0.1) is 0 Å². The lowest BCUT2D eigenvalue weighted by molar-refractivity contribution is -0.122. The van der Waals surface area contributed by atoms with E-state index in [2.05, 4.69) is 10.6 Å². The molecule has 0 bridgehead atoms. The van der Waals surface area contributed by atoms with Crippen LogP contribution in [0.15, 0.2) is 109 Å². The number of hydrogen-bond donors (Lipinski definition) is 2.